The van der Waals surface area contributed by atoms with Gasteiger partial charge in [-0.25, -0.2) is 0 Å². The Kier molecular flexibility index (Phi) is 15.7. The van der Waals surface area contributed by atoms with Crippen molar-refractivity contribution in [2.75, 3.05) is 52.9 Å². The van der Waals surface area contributed by atoms with E-state index in [-0.39, 0.29) is 42.0 Å². The molecule has 42 heavy (non-hydrogen) atoms. The summed E-state index contributed by atoms with van der Waals surface area (Å²) in [4.78, 5) is 0. The molecule has 0 amide bonds. The molecule has 0 aliphatic carbocycles. The smallest absolute Gasteiger partial charge is 0.348 e. The molecular weight excluding hydrogens is 546 g/mol. The SMILES string of the molecule is CC1(CCC[CH2][Al-]([CH2]CCCC2(C)OCCO2)([CH2]CCCC2(C)OCCO2)[CH2]CCCC2(C)OCCO2)OCCO1.[Li+]. The molecule has 4 heterocycles. The molecule has 0 spiro atoms. The summed E-state index contributed by atoms with van der Waals surface area (Å²) in [7, 11) is 0. The summed E-state index contributed by atoms with van der Waals surface area (Å²) in [6.45, 7) is 14.2. The summed E-state index contributed by atoms with van der Waals surface area (Å²) in [5, 5.41) is 5.67. The molecule has 0 aromatic carbocycles. The van der Waals surface area contributed by atoms with Crippen LogP contribution in [0.3, 0.4) is 0 Å². The summed E-state index contributed by atoms with van der Waals surface area (Å²) in [6, 6.07) is 0. The first-order chi connectivity index (χ1) is 19.7. The zero-order valence-corrected chi connectivity index (χ0v) is 29.0. The molecule has 0 saturated carbocycles. The number of rotatable bonds is 20. The Morgan fingerprint density at radius 3 is 0.738 bits per heavy atom. The average molecular weight is 607 g/mol. The van der Waals surface area contributed by atoms with Gasteiger partial charge in [-0.1, -0.05) is 51.4 Å². The molecule has 4 aliphatic heterocycles. The van der Waals surface area contributed by atoms with Crippen LogP contribution in [0.4, 0.5) is 0 Å². The average Bonchev–Trinajstić information content (AvgIpc) is 3.76. The fraction of sp³-hybridized carbons (Fsp3) is 1.00. The van der Waals surface area contributed by atoms with E-state index < -0.39 is 13.1 Å². The van der Waals surface area contributed by atoms with E-state index in [9.17, 15) is 0 Å². The van der Waals surface area contributed by atoms with Crippen molar-refractivity contribution < 1.29 is 56.8 Å². The van der Waals surface area contributed by atoms with Gasteiger partial charge in [0.2, 0.25) is 0 Å². The largest absolute Gasteiger partial charge is 1.00 e. The van der Waals surface area contributed by atoms with Crippen LogP contribution < -0.4 is 18.9 Å². The van der Waals surface area contributed by atoms with Crippen LogP contribution in [0.1, 0.15) is 105 Å². The molecule has 4 fully saturated rings. The fourth-order valence-corrected chi connectivity index (χ4v) is 14.1. The Balaban J connectivity index is 0.00000484. The Bertz CT molecular complexity index is 621. The van der Waals surface area contributed by atoms with Crippen LogP contribution in [0.25, 0.3) is 0 Å². The monoisotopic (exact) mass is 606 g/mol. The van der Waals surface area contributed by atoms with Crippen LogP contribution in [-0.2, 0) is 37.9 Å². The third-order valence-corrected chi connectivity index (χ3v) is 16.9. The van der Waals surface area contributed by atoms with Gasteiger partial charge >= 0.3 is 18.9 Å². The third-order valence-electron chi connectivity index (χ3n) is 10.4. The van der Waals surface area contributed by atoms with Crippen LogP contribution in [0, 0.1) is 0 Å². The van der Waals surface area contributed by atoms with E-state index in [1.54, 1.807) is 0 Å². The van der Waals surface area contributed by atoms with Crippen LogP contribution >= 0.6 is 0 Å². The van der Waals surface area contributed by atoms with E-state index in [2.05, 4.69) is 27.7 Å². The summed E-state index contributed by atoms with van der Waals surface area (Å²) >= 11 is -1.90. The maximum absolute atomic E-state index is 5.91. The van der Waals surface area contributed by atoms with Crippen molar-refractivity contribution in [3.8, 4) is 0 Å². The molecule has 4 saturated heterocycles. The Morgan fingerprint density at radius 2 is 0.548 bits per heavy atom. The molecule has 240 valence electrons. The zero-order chi connectivity index (χ0) is 29.1. The van der Waals surface area contributed by atoms with Crippen molar-refractivity contribution in [1.29, 1.82) is 0 Å². The van der Waals surface area contributed by atoms with Crippen molar-refractivity contribution in [3.63, 3.8) is 0 Å². The first-order valence-electron chi connectivity index (χ1n) is 17.0. The molecule has 0 aromatic heterocycles. The topological polar surface area (TPSA) is 73.8 Å². The predicted molar refractivity (Wildman–Crippen MR) is 162 cm³/mol. The number of hydrogen-bond donors (Lipinski definition) is 0. The number of hydrogen-bond acceptors (Lipinski definition) is 8. The van der Waals surface area contributed by atoms with Gasteiger partial charge in [0.15, 0.2) is 23.1 Å². The van der Waals surface area contributed by atoms with Crippen LogP contribution in [0.5, 0.6) is 0 Å². The maximum atomic E-state index is 5.91. The van der Waals surface area contributed by atoms with E-state index in [0.717, 1.165) is 78.5 Å². The number of ether oxygens (including phenoxy) is 8. The minimum atomic E-state index is -1.90. The predicted octanol–water partition coefficient (Wildman–Crippen LogP) is 4.17. The molecule has 0 radical (unpaired) electrons. The molecule has 0 unspecified atom stereocenters. The molecule has 0 aromatic rings. The van der Waals surface area contributed by atoms with Gasteiger partial charge in [0.25, 0.3) is 0 Å². The van der Waals surface area contributed by atoms with Crippen molar-refractivity contribution in [1.82, 2.24) is 0 Å². The van der Waals surface area contributed by atoms with Crippen molar-refractivity contribution in [3.05, 3.63) is 0 Å². The molecule has 4 aliphatic rings. The van der Waals surface area contributed by atoms with Crippen molar-refractivity contribution >= 4 is 13.1 Å². The molecular formula is C32H60AlLiO8. The third kappa shape index (κ3) is 12.2. The number of unbranched alkanes of at least 4 members (excludes halogenated alkanes) is 4. The minimum absolute atomic E-state index is 0. The van der Waals surface area contributed by atoms with Crippen LogP contribution in [0.2, 0.25) is 21.1 Å². The van der Waals surface area contributed by atoms with E-state index in [1.165, 1.54) is 72.5 Å². The Hall–Kier alpha value is 0.810. The molecule has 4 rings (SSSR count). The van der Waals surface area contributed by atoms with E-state index >= 15 is 0 Å². The quantitative estimate of drug-likeness (QED) is 0.151. The first kappa shape index (κ1) is 37.3. The minimum Gasteiger partial charge on any atom is -0.348 e. The van der Waals surface area contributed by atoms with Crippen LogP contribution in [-0.4, -0.2) is 89.1 Å². The van der Waals surface area contributed by atoms with Crippen molar-refractivity contribution in [2.45, 2.75) is 149 Å². The summed E-state index contributed by atoms with van der Waals surface area (Å²) in [5.74, 6) is -1.51. The Morgan fingerprint density at radius 1 is 0.357 bits per heavy atom. The summed E-state index contributed by atoms with van der Waals surface area (Å²) in [5.41, 5.74) is 0. The van der Waals surface area contributed by atoms with Crippen molar-refractivity contribution in [2.24, 2.45) is 0 Å². The second-order valence-corrected chi connectivity index (χ2v) is 19.8. The Labute approximate surface area is 270 Å². The fourth-order valence-electron chi connectivity index (χ4n) is 7.76. The molecule has 0 N–H and O–H groups in total. The maximum Gasteiger partial charge on any atom is 1.00 e. The molecule has 10 heteroatoms. The van der Waals surface area contributed by atoms with Gasteiger partial charge < -0.3 is 37.9 Å². The first-order valence-corrected chi connectivity index (χ1v) is 20.3. The van der Waals surface area contributed by atoms with Gasteiger partial charge in [0, 0.05) is 25.7 Å². The van der Waals surface area contributed by atoms with Gasteiger partial charge in [-0.3, -0.25) is 0 Å². The second-order valence-electron chi connectivity index (χ2n) is 14.0. The van der Waals surface area contributed by atoms with Crippen LogP contribution in [0.15, 0.2) is 0 Å². The van der Waals surface area contributed by atoms with Gasteiger partial charge in [0.05, 0.1) is 52.9 Å². The van der Waals surface area contributed by atoms with E-state index in [4.69, 9.17) is 37.9 Å². The van der Waals surface area contributed by atoms with Gasteiger partial charge in [-0.05, 0) is 27.7 Å². The van der Waals surface area contributed by atoms with E-state index in [0.29, 0.717) is 0 Å². The van der Waals surface area contributed by atoms with Gasteiger partial charge in [-0.15, -0.1) is 0 Å². The molecule has 8 nitrogen and oxygen atoms in total. The summed E-state index contributed by atoms with van der Waals surface area (Å²) < 4.78 is 47.2. The zero-order valence-electron chi connectivity index (χ0n) is 27.8. The molecule has 0 atom stereocenters. The second kappa shape index (κ2) is 17.7. The van der Waals surface area contributed by atoms with Gasteiger partial charge in [-0.2, -0.15) is 21.1 Å². The van der Waals surface area contributed by atoms with Gasteiger partial charge in [0.1, 0.15) is 13.1 Å². The molecule has 0 bridgehead atoms. The summed E-state index contributed by atoms with van der Waals surface area (Å²) in [6.07, 6.45) is 13.8. The normalized spacial score (nSPS) is 24.3. The standard InChI is InChI=1S/4C8H15O2.Al.Li/c4*1-3-4-5-8(2)9-6-7-10-8;;/h4*1,3-7H2,2H3;;/q;;;;-1;+1. The van der Waals surface area contributed by atoms with E-state index in [1.807, 2.05) is 0 Å².